The van der Waals surface area contributed by atoms with E-state index in [4.69, 9.17) is 9.84 Å². The number of ether oxygens (including phenoxy) is 1. The maximum Gasteiger partial charge on any atom is 0.322 e. The van der Waals surface area contributed by atoms with E-state index in [-0.39, 0.29) is 0 Å². The molecule has 12 heavy (non-hydrogen) atoms. The molecule has 1 unspecified atom stereocenters. The largest absolute Gasteiger partial charge is 0.480 e. The van der Waals surface area contributed by atoms with Gasteiger partial charge in [0.2, 0.25) is 0 Å². The molecule has 0 aromatic heterocycles. The average Bonchev–Trinajstić information content (AvgIpc) is 2.06. The summed E-state index contributed by atoms with van der Waals surface area (Å²) in [4.78, 5) is 11.0. The molecule has 1 aliphatic heterocycles. The van der Waals surface area contributed by atoms with Crippen LogP contribution in [0.15, 0.2) is 0 Å². The van der Waals surface area contributed by atoms with Gasteiger partial charge in [-0.3, -0.25) is 4.79 Å². The van der Waals surface area contributed by atoms with Crippen molar-refractivity contribution in [3.63, 3.8) is 0 Å². The Morgan fingerprint density at radius 1 is 1.75 bits per heavy atom. The van der Waals surface area contributed by atoms with Gasteiger partial charge in [-0.15, -0.1) is 11.8 Å². The lowest BCUT2D eigenvalue weighted by Crippen LogP contribution is -2.43. The van der Waals surface area contributed by atoms with Gasteiger partial charge in [0.25, 0.3) is 0 Å². The molecule has 0 aromatic carbocycles. The van der Waals surface area contributed by atoms with E-state index in [2.05, 4.69) is 0 Å². The molecule has 0 bridgehead atoms. The quantitative estimate of drug-likeness (QED) is 0.730. The van der Waals surface area contributed by atoms with E-state index in [1.54, 1.807) is 0 Å². The normalized spacial score (nSPS) is 30.1. The Morgan fingerprint density at radius 2 is 2.50 bits per heavy atom. The summed E-state index contributed by atoms with van der Waals surface area (Å²) in [6.07, 6.45) is 1.60. The van der Waals surface area contributed by atoms with Crippen LogP contribution in [0.1, 0.15) is 19.8 Å². The number of hydrogen-bond acceptors (Lipinski definition) is 3. The maximum atomic E-state index is 11.0. The van der Waals surface area contributed by atoms with Crippen LogP contribution in [0.5, 0.6) is 0 Å². The van der Waals surface area contributed by atoms with Gasteiger partial charge in [0.1, 0.15) is 4.75 Å². The highest BCUT2D eigenvalue weighted by atomic mass is 32.2. The van der Waals surface area contributed by atoms with Gasteiger partial charge in [0, 0.05) is 6.61 Å². The predicted octanol–water partition coefficient (Wildman–Crippen LogP) is 1.37. The van der Waals surface area contributed by atoms with Crippen LogP contribution in [0, 0.1) is 0 Å². The molecule has 3 nitrogen and oxygen atoms in total. The first-order chi connectivity index (χ1) is 5.71. The highest BCUT2D eigenvalue weighted by Gasteiger charge is 2.40. The number of carbonyl (C=O) groups is 1. The molecule has 0 saturated carbocycles. The molecule has 0 radical (unpaired) electrons. The molecule has 1 rings (SSSR count). The number of aliphatic carboxylic acids is 1. The molecule has 1 fully saturated rings. The Hall–Kier alpha value is -0.220. The Bertz CT molecular complexity index is 158. The summed E-state index contributed by atoms with van der Waals surface area (Å²) < 4.78 is 4.54. The van der Waals surface area contributed by atoms with E-state index in [9.17, 15) is 4.79 Å². The molecule has 1 heterocycles. The van der Waals surface area contributed by atoms with Gasteiger partial charge in [0.15, 0.2) is 0 Å². The van der Waals surface area contributed by atoms with Crippen LogP contribution in [0.2, 0.25) is 0 Å². The van der Waals surface area contributed by atoms with Gasteiger partial charge in [0.05, 0.1) is 6.61 Å². The summed E-state index contributed by atoms with van der Waals surface area (Å²) >= 11 is 1.48. The fourth-order valence-electron chi connectivity index (χ4n) is 1.39. The van der Waals surface area contributed by atoms with Crippen LogP contribution < -0.4 is 0 Å². The smallest absolute Gasteiger partial charge is 0.322 e. The number of thioether (sulfide) groups is 1. The van der Waals surface area contributed by atoms with E-state index < -0.39 is 10.7 Å². The lowest BCUT2D eigenvalue weighted by atomic mass is 10.0. The molecule has 1 N–H and O–H groups in total. The first-order valence-electron chi connectivity index (χ1n) is 4.16. The zero-order chi connectivity index (χ0) is 9.03. The highest BCUT2D eigenvalue weighted by Crippen LogP contribution is 2.33. The van der Waals surface area contributed by atoms with Crippen LogP contribution in [-0.2, 0) is 9.53 Å². The Morgan fingerprint density at radius 3 is 2.92 bits per heavy atom. The van der Waals surface area contributed by atoms with Crippen molar-refractivity contribution in [2.45, 2.75) is 24.5 Å². The van der Waals surface area contributed by atoms with Crippen LogP contribution in [0.4, 0.5) is 0 Å². The van der Waals surface area contributed by atoms with E-state index in [0.29, 0.717) is 13.2 Å². The molecule has 1 atom stereocenters. The van der Waals surface area contributed by atoms with Crippen molar-refractivity contribution in [3.05, 3.63) is 0 Å². The molecule has 4 heteroatoms. The Kier molecular flexibility index (Phi) is 3.40. The van der Waals surface area contributed by atoms with Crippen LogP contribution in [-0.4, -0.2) is 34.8 Å². The second kappa shape index (κ2) is 4.14. The van der Waals surface area contributed by atoms with Crippen LogP contribution in [0.3, 0.4) is 0 Å². The molecule has 0 aliphatic carbocycles. The number of carboxylic acids is 1. The molecular weight excluding hydrogens is 176 g/mol. The zero-order valence-electron chi connectivity index (χ0n) is 7.21. The second-order valence-corrected chi connectivity index (χ2v) is 4.54. The third-order valence-electron chi connectivity index (χ3n) is 2.01. The molecule has 0 spiro atoms. The minimum atomic E-state index is -0.728. The highest BCUT2D eigenvalue weighted by molar-refractivity contribution is 8.01. The summed E-state index contributed by atoms with van der Waals surface area (Å²) in [6, 6.07) is 0. The van der Waals surface area contributed by atoms with E-state index in [1.807, 2.05) is 6.92 Å². The molecule has 1 aliphatic rings. The monoisotopic (exact) mass is 190 g/mol. The zero-order valence-corrected chi connectivity index (χ0v) is 8.02. The van der Waals surface area contributed by atoms with Crippen molar-refractivity contribution in [2.24, 2.45) is 0 Å². The minimum absolute atomic E-state index is 0.362. The van der Waals surface area contributed by atoms with Crippen molar-refractivity contribution >= 4 is 17.7 Å². The van der Waals surface area contributed by atoms with E-state index in [0.717, 1.165) is 18.6 Å². The average molecular weight is 190 g/mol. The SMILES string of the molecule is CCSC1(C(=O)O)CCCOC1. The topological polar surface area (TPSA) is 46.5 Å². The van der Waals surface area contributed by atoms with Crippen molar-refractivity contribution in [1.29, 1.82) is 0 Å². The van der Waals surface area contributed by atoms with Gasteiger partial charge < -0.3 is 9.84 Å². The van der Waals surface area contributed by atoms with Gasteiger partial charge >= 0.3 is 5.97 Å². The van der Waals surface area contributed by atoms with Crippen LogP contribution >= 0.6 is 11.8 Å². The summed E-state index contributed by atoms with van der Waals surface area (Å²) in [5, 5.41) is 9.02. The van der Waals surface area contributed by atoms with Crippen molar-refractivity contribution in [1.82, 2.24) is 0 Å². The first kappa shape index (κ1) is 9.86. The van der Waals surface area contributed by atoms with Gasteiger partial charge in [-0.25, -0.2) is 0 Å². The number of carboxylic acid groups (broad SMARTS) is 1. The van der Waals surface area contributed by atoms with Gasteiger partial charge in [-0.2, -0.15) is 0 Å². The number of rotatable bonds is 3. The Balaban J connectivity index is 2.63. The fraction of sp³-hybridized carbons (Fsp3) is 0.875. The standard InChI is InChI=1S/C8H14O3S/c1-2-12-8(7(9)10)4-3-5-11-6-8/h2-6H2,1H3,(H,9,10). The lowest BCUT2D eigenvalue weighted by Gasteiger charge is -2.31. The van der Waals surface area contributed by atoms with Crippen molar-refractivity contribution < 1.29 is 14.6 Å². The van der Waals surface area contributed by atoms with Crippen molar-refractivity contribution in [2.75, 3.05) is 19.0 Å². The molecule has 70 valence electrons. The third-order valence-corrected chi connectivity index (χ3v) is 3.35. The van der Waals surface area contributed by atoms with E-state index in [1.165, 1.54) is 11.8 Å². The second-order valence-electron chi connectivity index (χ2n) is 2.89. The van der Waals surface area contributed by atoms with Crippen molar-refractivity contribution in [3.8, 4) is 0 Å². The molecule has 0 amide bonds. The first-order valence-corrected chi connectivity index (χ1v) is 5.15. The molecular formula is C8H14O3S. The van der Waals surface area contributed by atoms with Gasteiger partial charge in [-0.05, 0) is 18.6 Å². The third kappa shape index (κ3) is 1.93. The maximum absolute atomic E-state index is 11.0. The van der Waals surface area contributed by atoms with Crippen LogP contribution in [0.25, 0.3) is 0 Å². The Labute approximate surface area is 76.5 Å². The summed E-state index contributed by atoms with van der Waals surface area (Å²) in [7, 11) is 0. The summed E-state index contributed by atoms with van der Waals surface area (Å²) in [6.45, 7) is 3.05. The fourth-order valence-corrected chi connectivity index (χ4v) is 2.52. The molecule has 1 saturated heterocycles. The summed E-state index contributed by atoms with van der Waals surface area (Å²) in [5.41, 5.74) is 0. The summed E-state index contributed by atoms with van der Waals surface area (Å²) in [5.74, 6) is 0.101. The minimum Gasteiger partial charge on any atom is -0.480 e. The molecule has 0 aromatic rings. The predicted molar refractivity (Wildman–Crippen MR) is 48.6 cm³/mol. The van der Waals surface area contributed by atoms with Gasteiger partial charge in [-0.1, -0.05) is 6.92 Å². The lowest BCUT2D eigenvalue weighted by molar-refractivity contribution is -0.143. The number of hydrogen-bond donors (Lipinski definition) is 1. The van der Waals surface area contributed by atoms with E-state index >= 15 is 0 Å².